The molecule has 128 valence electrons. The molecule has 0 amide bonds. The Balaban J connectivity index is 1.78. The third kappa shape index (κ3) is 3.57. The van der Waals surface area contributed by atoms with Crippen LogP contribution in [0.2, 0.25) is 0 Å². The fourth-order valence-electron chi connectivity index (χ4n) is 2.36. The maximum atomic E-state index is 12.2. The third-order valence-electron chi connectivity index (χ3n) is 3.96. The molecule has 3 atom stereocenters. The normalized spacial score (nSPS) is 21.9. The zero-order valence-electron chi connectivity index (χ0n) is 12.5. The topological polar surface area (TPSA) is 101 Å². The van der Waals surface area contributed by atoms with Crippen molar-refractivity contribution in [3.63, 3.8) is 0 Å². The van der Waals surface area contributed by atoms with Gasteiger partial charge in [0.15, 0.2) is 11.1 Å². The Hall–Kier alpha value is -1.58. The lowest BCUT2D eigenvalue weighted by atomic mass is 9.93. The Morgan fingerprint density at radius 3 is 1.92 bits per heavy atom. The summed E-state index contributed by atoms with van der Waals surface area (Å²) in [6.45, 7) is 0. The first-order valence-electron chi connectivity index (χ1n) is 7.29. The molecule has 1 fully saturated rings. The van der Waals surface area contributed by atoms with E-state index in [1.165, 1.54) is 24.3 Å². The number of benzene rings is 2. The van der Waals surface area contributed by atoms with E-state index in [0.717, 1.165) is 11.1 Å². The lowest BCUT2D eigenvalue weighted by Gasteiger charge is -2.31. The van der Waals surface area contributed by atoms with Crippen molar-refractivity contribution in [2.45, 2.75) is 34.8 Å². The molecule has 2 N–H and O–H groups in total. The van der Waals surface area contributed by atoms with Gasteiger partial charge in [0.2, 0.25) is 0 Å². The van der Waals surface area contributed by atoms with Gasteiger partial charge in [-0.15, -0.1) is 0 Å². The average molecular weight is 368 g/mol. The monoisotopic (exact) mass is 368 g/mol. The Morgan fingerprint density at radius 1 is 0.958 bits per heavy atom. The van der Waals surface area contributed by atoms with Gasteiger partial charge >= 0.3 is 0 Å². The summed E-state index contributed by atoms with van der Waals surface area (Å²) < 4.78 is 49.3. The SMILES string of the molecule is O=S(O)c1ccc(-c2ccc(S(=O)(=O)OC3CCC3O)cc2)cc1. The van der Waals surface area contributed by atoms with Crippen LogP contribution < -0.4 is 0 Å². The average Bonchev–Trinajstić information content (AvgIpc) is 2.59. The van der Waals surface area contributed by atoms with Crippen LogP contribution in [0, 0.1) is 0 Å². The molecule has 0 bridgehead atoms. The lowest BCUT2D eigenvalue weighted by Crippen LogP contribution is -2.40. The predicted molar refractivity (Wildman–Crippen MR) is 88.2 cm³/mol. The summed E-state index contributed by atoms with van der Waals surface area (Å²) in [5.74, 6) is 0. The van der Waals surface area contributed by atoms with Gasteiger partial charge in [0.05, 0.1) is 15.9 Å². The van der Waals surface area contributed by atoms with Crippen molar-refractivity contribution in [3.05, 3.63) is 48.5 Å². The molecule has 24 heavy (non-hydrogen) atoms. The maximum absolute atomic E-state index is 12.2. The summed E-state index contributed by atoms with van der Waals surface area (Å²) >= 11 is -2.03. The Labute approximate surface area is 142 Å². The van der Waals surface area contributed by atoms with Gasteiger partial charge in [-0.25, -0.2) is 4.21 Å². The first-order chi connectivity index (χ1) is 11.4. The lowest BCUT2D eigenvalue weighted by molar-refractivity contribution is -0.0328. The summed E-state index contributed by atoms with van der Waals surface area (Å²) in [5, 5.41) is 9.44. The van der Waals surface area contributed by atoms with Crippen LogP contribution in [0.15, 0.2) is 58.3 Å². The Bertz CT molecular complexity index is 843. The molecule has 2 aromatic rings. The zero-order chi connectivity index (χ0) is 17.3. The van der Waals surface area contributed by atoms with Crippen molar-refractivity contribution in [3.8, 4) is 11.1 Å². The molecule has 0 aromatic heterocycles. The van der Waals surface area contributed by atoms with Crippen LogP contribution in [-0.4, -0.2) is 34.5 Å². The van der Waals surface area contributed by atoms with Crippen LogP contribution in [0.5, 0.6) is 0 Å². The van der Waals surface area contributed by atoms with Crippen molar-refractivity contribution in [2.24, 2.45) is 0 Å². The highest BCUT2D eigenvalue weighted by atomic mass is 32.2. The molecule has 1 aliphatic carbocycles. The summed E-state index contributed by atoms with van der Waals surface area (Å²) in [4.78, 5) is 0.323. The van der Waals surface area contributed by atoms with E-state index in [-0.39, 0.29) is 4.90 Å². The Kier molecular flexibility index (Phi) is 4.84. The molecule has 8 heteroatoms. The van der Waals surface area contributed by atoms with E-state index >= 15 is 0 Å². The van der Waals surface area contributed by atoms with Gasteiger partial charge in [-0.1, -0.05) is 24.3 Å². The smallest absolute Gasteiger partial charge is 0.297 e. The molecule has 1 saturated carbocycles. The van der Waals surface area contributed by atoms with E-state index in [1.54, 1.807) is 24.3 Å². The number of rotatable bonds is 5. The molecule has 0 spiro atoms. The summed E-state index contributed by atoms with van der Waals surface area (Å²) in [6.07, 6.45) is -0.318. The van der Waals surface area contributed by atoms with Crippen LogP contribution in [-0.2, 0) is 25.4 Å². The van der Waals surface area contributed by atoms with Crippen LogP contribution in [0.3, 0.4) is 0 Å². The standard InChI is InChI=1S/C16H16O6S2/c17-15-9-10-16(15)22-24(20,21)14-7-3-12(4-8-14)11-1-5-13(6-2-11)23(18)19/h1-8,15-17H,9-10H2,(H,18,19). The fourth-order valence-corrected chi connectivity index (χ4v) is 3.86. The zero-order valence-corrected chi connectivity index (χ0v) is 14.2. The van der Waals surface area contributed by atoms with Crippen LogP contribution in [0.4, 0.5) is 0 Å². The van der Waals surface area contributed by atoms with Crippen molar-refractivity contribution in [2.75, 3.05) is 0 Å². The van der Waals surface area contributed by atoms with Gasteiger partial charge in [0, 0.05) is 0 Å². The molecule has 2 aromatic carbocycles. The largest absolute Gasteiger partial charge is 0.390 e. The van der Waals surface area contributed by atoms with Gasteiger partial charge in [-0.05, 0) is 48.2 Å². The molecule has 6 nitrogen and oxygen atoms in total. The summed E-state index contributed by atoms with van der Waals surface area (Å²) in [5.41, 5.74) is 1.57. The minimum atomic E-state index is -3.90. The van der Waals surface area contributed by atoms with Crippen molar-refractivity contribution < 1.29 is 26.5 Å². The molecule has 0 aliphatic heterocycles. The summed E-state index contributed by atoms with van der Waals surface area (Å²) in [6, 6.07) is 12.6. The first-order valence-corrected chi connectivity index (χ1v) is 9.81. The molecule has 0 radical (unpaired) electrons. The molecular formula is C16H16O6S2. The first kappa shape index (κ1) is 17.2. The van der Waals surface area contributed by atoms with Gasteiger partial charge in [0.1, 0.15) is 6.10 Å². The molecule has 3 unspecified atom stereocenters. The quantitative estimate of drug-likeness (QED) is 0.620. The minimum Gasteiger partial charge on any atom is -0.390 e. The number of aliphatic hydroxyl groups is 1. The second-order valence-corrected chi connectivity index (χ2v) is 8.07. The Morgan fingerprint density at radius 2 is 1.50 bits per heavy atom. The fraction of sp³-hybridized carbons (Fsp3) is 0.250. The van der Waals surface area contributed by atoms with Crippen molar-refractivity contribution >= 4 is 21.2 Å². The molecule has 0 heterocycles. The van der Waals surface area contributed by atoms with Gasteiger partial charge in [-0.3, -0.25) is 4.18 Å². The van der Waals surface area contributed by atoms with E-state index in [1.807, 2.05) is 0 Å². The van der Waals surface area contributed by atoms with Crippen LogP contribution in [0.1, 0.15) is 12.8 Å². The highest BCUT2D eigenvalue weighted by Crippen LogP contribution is 2.28. The van der Waals surface area contributed by atoms with Crippen molar-refractivity contribution in [1.82, 2.24) is 0 Å². The number of aliphatic hydroxyl groups excluding tert-OH is 1. The molecule has 3 rings (SSSR count). The molecule has 0 saturated heterocycles. The van der Waals surface area contributed by atoms with E-state index in [0.29, 0.717) is 17.7 Å². The van der Waals surface area contributed by atoms with E-state index in [9.17, 15) is 17.7 Å². The highest BCUT2D eigenvalue weighted by Gasteiger charge is 2.34. The van der Waals surface area contributed by atoms with Gasteiger partial charge in [0.25, 0.3) is 10.1 Å². The second kappa shape index (κ2) is 6.73. The minimum absolute atomic E-state index is 0.0263. The maximum Gasteiger partial charge on any atom is 0.297 e. The number of hydrogen-bond acceptors (Lipinski definition) is 5. The van der Waals surface area contributed by atoms with E-state index < -0.39 is 33.4 Å². The van der Waals surface area contributed by atoms with E-state index in [4.69, 9.17) is 8.74 Å². The van der Waals surface area contributed by atoms with Gasteiger partial charge < -0.3 is 9.66 Å². The predicted octanol–water partition coefficient (Wildman–Crippen LogP) is 2.16. The third-order valence-corrected chi connectivity index (χ3v) is 5.98. The second-order valence-electron chi connectivity index (χ2n) is 5.53. The summed E-state index contributed by atoms with van der Waals surface area (Å²) in [7, 11) is -3.90. The van der Waals surface area contributed by atoms with Crippen LogP contribution >= 0.6 is 0 Å². The van der Waals surface area contributed by atoms with Crippen LogP contribution in [0.25, 0.3) is 11.1 Å². The van der Waals surface area contributed by atoms with Gasteiger partial charge in [-0.2, -0.15) is 8.42 Å². The molecular weight excluding hydrogens is 352 g/mol. The van der Waals surface area contributed by atoms with Crippen molar-refractivity contribution in [1.29, 1.82) is 0 Å². The van der Waals surface area contributed by atoms with E-state index in [2.05, 4.69) is 0 Å². The molecule has 1 aliphatic rings. The highest BCUT2D eigenvalue weighted by molar-refractivity contribution is 7.86. The number of hydrogen-bond donors (Lipinski definition) is 2.